The molecule has 0 radical (unpaired) electrons. The van der Waals surface area contributed by atoms with Gasteiger partial charge in [-0.25, -0.2) is 0 Å². The first-order chi connectivity index (χ1) is 11.9. The zero-order valence-electron chi connectivity index (χ0n) is 14.0. The van der Waals surface area contributed by atoms with E-state index in [1.807, 2.05) is 11.4 Å². The number of benzene rings is 1. The number of nitrogens with zero attached hydrogens (tertiary/aromatic N) is 1. The predicted octanol–water partition coefficient (Wildman–Crippen LogP) is 4.37. The van der Waals surface area contributed by atoms with Crippen LogP contribution in [0.3, 0.4) is 0 Å². The van der Waals surface area contributed by atoms with E-state index < -0.39 is 6.61 Å². The van der Waals surface area contributed by atoms with E-state index >= 15 is 0 Å². The molecule has 2 heterocycles. The standard InChI is InChI=1S/C18H20F2N2O2S/c1-18(2)11-22(16(18)14-8-5-9-25-14)10-15(23)21-12-6-3-4-7-13(12)24-17(19)20/h3-9,16-17H,10-11H2,1-2H3,(H,21,23)/t16-/m1/s1. The van der Waals surface area contributed by atoms with Gasteiger partial charge in [0.15, 0.2) is 0 Å². The lowest BCUT2D eigenvalue weighted by Gasteiger charge is -2.53. The number of nitrogens with one attached hydrogen (secondary N) is 1. The number of anilines is 1. The van der Waals surface area contributed by atoms with Crippen molar-refractivity contribution in [1.82, 2.24) is 4.90 Å². The lowest BCUT2D eigenvalue weighted by molar-refractivity contribution is -0.124. The van der Waals surface area contributed by atoms with Gasteiger partial charge in [-0.15, -0.1) is 11.3 Å². The number of hydrogen-bond donors (Lipinski definition) is 1. The third kappa shape index (κ3) is 3.99. The summed E-state index contributed by atoms with van der Waals surface area (Å²) < 4.78 is 29.4. The minimum absolute atomic E-state index is 0.0374. The average Bonchev–Trinajstić information content (AvgIpc) is 3.01. The Balaban J connectivity index is 1.66. The fraction of sp³-hybridized carbons (Fsp3) is 0.389. The Hall–Kier alpha value is -1.99. The number of alkyl halides is 2. The lowest BCUT2D eigenvalue weighted by Crippen LogP contribution is -2.57. The van der Waals surface area contributed by atoms with Crippen LogP contribution in [0.25, 0.3) is 0 Å². The molecule has 0 bridgehead atoms. The second kappa shape index (κ2) is 7.09. The first-order valence-electron chi connectivity index (χ1n) is 7.98. The molecular formula is C18H20F2N2O2S. The number of likely N-dealkylation sites (tertiary alicyclic amines) is 1. The van der Waals surface area contributed by atoms with Gasteiger partial charge in [0.1, 0.15) is 5.75 Å². The fourth-order valence-corrected chi connectivity index (χ4v) is 4.45. The number of carbonyl (C=O) groups excluding carboxylic acids is 1. The third-order valence-corrected chi connectivity index (χ3v) is 5.18. The number of thiophene rings is 1. The molecule has 2 aromatic rings. The van der Waals surface area contributed by atoms with Crippen LogP contribution in [0.2, 0.25) is 0 Å². The lowest BCUT2D eigenvalue weighted by atomic mass is 9.74. The van der Waals surface area contributed by atoms with Crippen LogP contribution in [0, 0.1) is 5.41 Å². The predicted molar refractivity (Wildman–Crippen MR) is 94.1 cm³/mol. The first-order valence-corrected chi connectivity index (χ1v) is 8.86. The normalized spacial score (nSPS) is 19.5. The van der Waals surface area contributed by atoms with Gasteiger partial charge < -0.3 is 10.1 Å². The van der Waals surface area contributed by atoms with Crippen molar-refractivity contribution in [2.45, 2.75) is 26.5 Å². The third-order valence-electron chi connectivity index (χ3n) is 4.25. The van der Waals surface area contributed by atoms with Gasteiger partial charge in [0.2, 0.25) is 5.91 Å². The van der Waals surface area contributed by atoms with Gasteiger partial charge in [0.05, 0.1) is 18.3 Å². The highest BCUT2D eigenvalue weighted by molar-refractivity contribution is 7.10. The molecule has 7 heteroatoms. The monoisotopic (exact) mass is 366 g/mol. The molecule has 1 aromatic carbocycles. The highest BCUT2D eigenvalue weighted by Gasteiger charge is 2.47. The summed E-state index contributed by atoms with van der Waals surface area (Å²) in [5.41, 5.74) is 0.349. The van der Waals surface area contributed by atoms with Crippen LogP contribution in [-0.2, 0) is 4.79 Å². The molecule has 4 nitrogen and oxygen atoms in total. The van der Waals surface area contributed by atoms with Crippen LogP contribution in [0.15, 0.2) is 41.8 Å². The summed E-state index contributed by atoms with van der Waals surface area (Å²) in [6, 6.07) is 10.5. The summed E-state index contributed by atoms with van der Waals surface area (Å²) in [5.74, 6) is -0.285. The smallest absolute Gasteiger partial charge is 0.387 e. The average molecular weight is 366 g/mol. The van der Waals surface area contributed by atoms with E-state index in [0.29, 0.717) is 0 Å². The molecule has 3 rings (SSSR count). The van der Waals surface area contributed by atoms with Gasteiger partial charge in [-0.1, -0.05) is 32.0 Å². The van der Waals surface area contributed by atoms with Crippen molar-refractivity contribution in [2.75, 3.05) is 18.4 Å². The molecule has 1 saturated heterocycles. The van der Waals surface area contributed by atoms with Crippen LogP contribution < -0.4 is 10.1 Å². The molecule has 1 aromatic heterocycles. The van der Waals surface area contributed by atoms with E-state index in [-0.39, 0.29) is 35.3 Å². The van der Waals surface area contributed by atoms with Crippen LogP contribution in [0.1, 0.15) is 24.8 Å². The minimum atomic E-state index is -2.93. The Bertz CT molecular complexity index is 734. The number of ether oxygens (including phenoxy) is 1. The maximum Gasteiger partial charge on any atom is 0.387 e. The molecule has 1 aliphatic rings. The molecule has 1 amide bonds. The van der Waals surface area contributed by atoms with Gasteiger partial charge in [-0.2, -0.15) is 8.78 Å². The zero-order chi connectivity index (χ0) is 18.0. The van der Waals surface area contributed by atoms with E-state index in [0.717, 1.165) is 6.54 Å². The quantitative estimate of drug-likeness (QED) is 0.825. The van der Waals surface area contributed by atoms with E-state index in [1.54, 1.807) is 29.5 Å². The van der Waals surface area contributed by atoms with Crippen molar-refractivity contribution in [2.24, 2.45) is 5.41 Å². The molecule has 1 aliphatic heterocycles. The largest absolute Gasteiger partial charge is 0.433 e. The van der Waals surface area contributed by atoms with Gasteiger partial charge >= 0.3 is 6.61 Å². The highest BCUT2D eigenvalue weighted by Crippen LogP contribution is 2.49. The molecule has 0 saturated carbocycles. The molecule has 0 spiro atoms. The van der Waals surface area contributed by atoms with Crippen molar-refractivity contribution in [1.29, 1.82) is 0 Å². The van der Waals surface area contributed by atoms with Gasteiger partial charge in [-0.3, -0.25) is 9.69 Å². The van der Waals surface area contributed by atoms with E-state index in [4.69, 9.17) is 0 Å². The summed E-state index contributed by atoms with van der Waals surface area (Å²) in [6.07, 6.45) is 0. The zero-order valence-corrected chi connectivity index (χ0v) is 14.9. The SMILES string of the molecule is CC1(C)CN(CC(=O)Nc2ccccc2OC(F)F)[C@@H]1c1cccs1. The maximum absolute atomic E-state index is 12.5. The van der Waals surface area contributed by atoms with Crippen molar-refractivity contribution >= 4 is 22.9 Å². The molecular weight excluding hydrogens is 346 g/mol. The van der Waals surface area contributed by atoms with Gasteiger partial charge in [0.25, 0.3) is 0 Å². The van der Waals surface area contributed by atoms with E-state index in [1.165, 1.54) is 10.9 Å². The molecule has 25 heavy (non-hydrogen) atoms. The molecule has 134 valence electrons. The highest BCUT2D eigenvalue weighted by atomic mass is 32.1. The van der Waals surface area contributed by atoms with Crippen molar-refractivity contribution in [3.63, 3.8) is 0 Å². The van der Waals surface area contributed by atoms with Gasteiger partial charge in [-0.05, 0) is 29.0 Å². The topological polar surface area (TPSA) is 41.6 Å². The molecule has 0 unspecified atom stereocenters. The van der Waals surface area contributed by atoms with Crippen LogP contribution in [-0.4, -0.2) is 30.5 Å². The van der Waals surface area contributed by atoms with E-state index in [2.05, 4.69) is 34.9 Å². The number of hydrogen-bond acceptors (Lipinski definition) is 4. The van der Waals surface area contributed by atoms with E-state index in [9.17, 15) is 13.6 Å². The van der Waals surface area contributed by atoms with Crippen molar-refractivity contribution in [3.05, 3.63) is 46.7 Å². The number of amides is 1. The number of carbonyl (C=O) groups is 1. The minimum Gasteiger partial charge on any atom is -0.433 e. The molecule has 1 atom stereocenters. The summed E-state index contributed by atoms with van der Waals surface area (Å²) in [6.45, 7) is 2.43. The second-order valence-electron chi connectivity index (χ2n) is 6.73. The van der Waals surface area contributed by atoms with Gasteiger partial charge in [0, 0.05) is 11.4 Å². The summed E-state index contributed by atoms with van der Waals surface area (Å²) in [7, 11) is 0. The Morgan fingerprint density at radius 1 is 1.36 bits per heavy atom. The summed E-state index contributed by atoms with van der Waals surface area (Å²) in [5, 5.41) is 4.70. The molecule has 1 fully saturated rings. The van der Waals surface area contributed by atoms with Crippen LogP contribution in [0.5, 0.6) is 5.75 Å². The maximum atomic E-state index is 12.5. The second-order valence-corrected chi connectivity index (χ2v) is 7.71. The number of halogens is 2. The Kier molecular flexibility index (Phi) is 5.06. The molecule has 0 aliphatic carbocycles. The fourth-order valence-electron chi connectivity index (χ4n) is 3.38. The molecule has 1 N–H and O–H groups in total. The Labute approximate surface area is 149 Å². The van der Waals surface area contributed by atoms with Crippen LogP contribution in [0.4, 0.5) is 14.5 Å². The summed E-state index contributed by atoms with van der Waals surface area (Å²) >= 11 is 1.68. The first kappa shape index (κ1) is 17.8. The van der Waals surface area contributed by atoms with Crippen molar-refractivity contribution in [3.8, 4) is 5.75 Å². The Morgan fingerprint density at radius 3 is 2.76 bits per heavy atom. The number of rotatable bonds is 6. The van der Waals surface area contributed by atoms with Crippen molar-refractivity contribution < 1.29 is 18.3 Å². The summed E-state index contributed by atoms with van der Waals surface area (Å²) in [4.78, 5) is 15.7. The Morgan fingerprint density at radius 2 is 2.12 bits per heavy atom. The number of para-hydroxylation sites is 2. The van der Waals surface area contributed by atoms with Crippen LogP contribution >= 0.6 is 11.3 Å².